The van der Waals surface area contributed by atoms with Crippen LogP contribution in [-0.4, -0.2) is 50.1 Å². The van der Waals surface area contributed by atoms with Crippen LogP contribution in [0.15, 0.2) is 71.3 Å². The van der Waals surface area contributed by atoms with Crippen LogP contribution >= 0.6 is 11.6 Å². The smallest absolute Gasteiger partial charge is 0.258 e. The van der Waals surface area contributed by atoms with E-state index < -0.39 is 0 Å². The van der Waals surface area contributed by atoms with Crippen LogP contribution < -0.4 is 15.0 Å². The van der Waals surface area contributed by atoms with Crippen molar-refractivity contribution >= 4 is 23.2 Å². The highest BCUT2D eigenvalue weighted by atomic mass is 35.5. The summed E-state index contributed by atoms with van der Waals surface area (Å²) in [7, 11) is 0. The Morgan fingerprint density at radius 1 is 1.06 bits per heavy atom. The number of benzene rings is 2. The van der Waals surface area contributed by atoms with Gasteiger partial charge in [0.1, 0.15) is 17.3 Å². The summed E-state index contributed by atoms with van der Waals surface area (Å²) in [5.74, 6) is 0.928. The summed E-state index contributed by atoms with van der Waals surface area (Å²) < 4.78 is 25.3. The van der Waals surface area contributed by atoms with Crippen LogP contribution in [0, 0.1) is 5.82 Å². The van der Waals surface area contributed by atoms with Crippen LogP contribution in [0.4, 0.5) is 10.1 Å². The lowest BCUT2D eigenvalue weighted by Crippen LogP contribution is -2.50. The second-order valence-electron chi connectivity index (χ2n) is 7.55. The number of para-hydroxylation sites is 1. The molecule has 1 aliphatic rings. The molecule has 1 aromatic heterocycles. The monoisotopic (exact) mass is 457 g/mol. The summed E-state index contributed by atoms with van der Waals surface area (Å²) in [5, 5.41) is 3.55. The number of carbonyl (C=O) groups excluding carboxylic acids is 1. The van der Waals surface area contributed by atoms with Gasteiger partial charge in [-0.25, -0.2) is 4.39 Å². The lowest BCUT2D eigenvalue weighted by molar-refractivity contribution is -0.123. The molecule has 8 heteroatoms. The van der Waals surface area contributed by atoms with Gasteiger partial charge in [-0.3, -0.25) is 9.69 Å². The average Bonchev–Trinajstić information content (AvgIpc) is 3.34. The Morgan fingerprint density at radius 3 is 2.50 bits per heavy atom. The van der Waals surface area contributed by atoms with E-state index in [-0.39, 0.29) is 24.4 Å². The predicted octanol–water partition coefficient (Wildman–Crippen LogP) is 4.13. The van der Waals surface area contributed by atoms with E-state index in [0.717, 1.165) is 18.8 Å². The molecule has 1 saturated heterocycles. The first-order chi connectivity index (χ1) is 15.6. The van der Waals surface area contributed by atoms with Crippen molar-refractivity contribution in [3.8, 4) is 5.75 Å². The number of amides is 1. The van der Waals surface area contributed by atoms with E-state index in [0.29, 0.717) is 36.1 Å². The van der Waals surface area contributed by atoms with Crippen LogP contribution in [0.2, 0.25) is 5.02 Å². The number of anilines is 1. The van der Waals surface area contributed by atoms with Gasteiger partial charge in [-0.1, -0.05) is 23.7 Å². The van der Waals surface area contributed by atoms with Gasteiger partial charge in [0.2, 0.25) is 0 Å². The Hall–Kier alpha value is -3.03. The summed E-state index contributed by atoms with van der Waals surface area (Å²) in [6, 6.07) is 17.3. The van der Waals surface area contributed by atoms with Crippen molar-refractivity contribution in [2.75, 3.05) is 44.2 Å². The Labute approximate surface area is 191 Å². The van der Waals surface area contributed by atoms with Gasteiger partial charge in [0.25, 0.3) is 5.91 Å². The number of rotatable bonds is 8. The number of nitrogens with zero attached hydrogens (tertiary/aromatic N) is 2. The number of piperazine rings is 1. The number of carbonyl (C=O) groups is 1. The molecule has 32 heavy (non-hydrogen) atoms. The fourth-order valence-electron chi connectivity index (χ4n) is 3.81. The topological polar surface area (TPSA) is 58.0 Å². The minimum absolute atomic E-state index is 0.0897. The molecule has 6 nitrogen and oxygen atoms in total. The SMILES string of the molecule is O=C(COc1ccc(Cl)cc1)NC[C@@H](c1ccco1)N1CCN(c2ccccc2F)CC1. The van der Waals surface area contributed by atoms with Crippen LogP contribution in [0.5, 0.6) is 5.75 Å². The first-order valence-electron chi connectivity index (χ1n) is 10.5. The van der Waals surface area contributed by atoms with Crippen molar-refractivity contribution in [2.45, 2.75) is 6.04 Å². The fraction of sp³-hybridized carbons (Fsp3) is 0.292. The zero-order valence-corrected chi connectivity index (χ0v) is 18.3. The molecule has 0 aliphatic carbocycles. The van der Waals surface area contributed by atoms with Crippen LogP contribution in [0.3, 0.4) is 0 Å². The molecule has 1 fully saturated rings. The van der Waals surface area contributed by atoms with E-state index in [1.54, 1.807) is 42.7 Å². The minimum Gasteiger partial charge on any atom is -0.484 e. The molecule has 1 atom stereocenters. The Bertz CT molecular complexity index is 1010. The number of hydrogen-bond acceptors (Lipinski definition) is 5. The molecule has 168 valence electrons. The maximum Gasteiger partial charge on any atom is 0.258 e. The fourth-order valence-corrected chi connectivity index (χ4v) is 3.94. The average molecular weight is 458 g/mol. The van der Waals surface area contributed by atoms with Gasteiger partial charge in [0, 0.05) is 37.7 Å². The van der Waals surface area contributed by atoms with E-state index in [1.165, 1.54) is 6.07 Å². The van der Waals surface area contributed by atoms with E-state index >= 15 is 0 Å². The Balaban J connectivity index is 1.32. The molecule has 4 rings (SSSR count). The van der Waals surface area contributed by atoms with Gasteiger partial charge < -0.3 is 19.4 Å². The third-order valence-corrected chi connectivity index (χ3v) is 5.75. The van der Waals surface area contributed by atoms with Crippen LogP contribution in [0.25, 0.3) is 0 Å². The third-order valence-electron chi connectivity index (χ3n) is 5.50. The normalized spacial score (nSPS) is 15.4. The van der Waals surface area contributed by atoms with E-state index in [9.17, 15) is 9.18 Å². The summed E-state index contributed by atoms with van der Waals surface area (Å²) >= 11 is 5.86. The zero-order chi connectivity index (χ0) is 22.3. The number of nitrogens with one attached hydrogen (secondary N) is 1. The lowest BCUT2D eigenvalue weighted by Gasteiger charge is -2.39. The summed E-state index contributed by atoms with van der Waals surface area (Å²) in [4.78, 5) is 16.6. The predicted molar refractivity (Wildman–Crippen MR) is 122 cm³/mol. The second-order valence-corrected chi connectivity index (χ2v) is 7.99. The lowest BCUT2D eigenvalue weighted by atomic mass is 10.1. The zero-order valence-electron chi connectivity index (χ0n) is 17.5. The minimum atomic E-state index is -0.221. The molecule has 3 aromatic rings. The van der Waals surface area contributed by atoms with Crippen LogP contribution in [0.1, 0.15) is 11.8 Å². The molecule has 0 unspecified atom stereocenters. The molecule has 2 aromatic carbocycles. The van der Waals surface area contributed by atoms with Crippen molar-refractivity contribution in [3.05, 3.63) is 83.5 Å². The molecular formula is C24H25ClFN3O3. The Kier molecular flexibility index (Phi) is 7.29. The van der Waals surface area contributed by atoms with Gasteiger partial charge in [0.05, 0.1) is 18.0 Å². The first kappa shape index (κ1) is 22.2. The molecule has 1 aliphatic heterocycles. The molecule has 2 heterocycles. The standard InChI is InChI=1S/C24H25ClFN3O3/c25-18-7-9-19(10-8-18)32-17-24(30)27-16-22(23-6-3-15-31-23)29-13-11-28(12-14-29)21-5-2-1-4-20(21)26/h1-10,15,22H,11-14,16-17H2,(H,27,30)/t22-/m0/s1. The highest BCUT2D eigenvalue weighted by molar-refractivity contribution is 6.30. The van der Waals surface area contributed by atoms with Gasteiger partial charge in [-0.05, 0) is 48.5 Å². The molecule has 0 saturated carbocycles. The van der Waals surface area contributed by atoms with E-state index in [1.807, 2.05) is 23.1 Å². The van der Waals surface area contributed by atoms with Crippen molar-refractivity contribution < 1.29 is 18.3 Å². The molecule has 0 bridgehead atoms. The quantitative estimate of drug-likeness (QED) is 0.551. The molecule has 0 radical (unpaired) electrons. The largest absolute Gasteiger partial charge is 0.484 e. The first-order valence-corrected chi connectivity index (χ1v) is 10.9. The maximum atomic E-state index is 14.1. The van der Waals surface area contributed by atoms with Gasteiger partial charge in [-0.2, -0.15) is 0 Å². The second kappa shape index (κ2) is 10.5. The van der Waals surface area contributed by atoms with E-state index in [4.69, 9.17) is 20.8 Å². The number of halogens is 2. The molecule has 1 N–H and O–H groups in total. The number of ether oxygens (including phenoxy) is 1. The van der Waals surface area contributed by atoms with Crippen molar-refractivity contribution in [3.63, 3.8) is 0 Å². The molecule has 1 amide bonds. The number of furan rings is 1. The maximum absolute atomic E-state index is 14.1. The van der Waals surface area contributed by atoms with Crippen molar-refractivity contribution in [1.29, 1.82) is 0 Å². The summed E-state index contributed by atoms with van der Waals surface area (Å²) in [6.07, 6.45) is 1.63. The van der Waals surface area contributed by atoms with E-state index in [2.05, 4.69) is 10.2 Å². The highest BCUT2D eigenvalue weighted by Crippen LogP contribution is 2.25. The summed E-state index contributed by atoms with van der Waals surface area (Å²) in [5.41, 5.74) is 0.620. The number of hydrogen-bond donors (Lipinski definition) is 1. The van der Waals surface area contributed by atoms with Crippen molar-refractivity contribution in [1.82, 2.24) is 10.2 Å². The Morgan fingerprint density at radius 2 is 1.81 bits per heavy atom. The van der Waals surface area contributed by atoms with Crippen LogP contribution in [-0.2, 0) is 4.79 Å². The van der Waals surface area contributed by atoms with Crippen molar-refractivity contribution in [2.24, 2.45) is 0 Å². The van der Waals surface area contributed by atoms with Gasteiger partial charge >= 0.3 is 0 Å². The third kappa shape index (κ3) is 5.60. The molecular weight excluding hydrogens is 433 g/mol. The van der Waals surface area contributed by atoms with Gasteiger partial charge in [0.15, 0.2) is 6.61 Å². The van der Waals surface area contributed by atoms with Gasteiger partial charge in [-0.15, -0.1) is 0 Å². The highest BCUT2D eigenvalue weighted by Gasteiger charge is 2.28. The summed E-state index contributed by atoms with van der Waals surface area (Å²) in [6.45, 7) is 3.11. The molecule has 0 spiro atoms.